The average molecular weight is 671 g/mol. The summed E-state index contributed by atoms with van der Waals surface area (Å²) in [6, 6.07) is 16.5. The number of halogens is 1. The summed E-state index contributed by atoms with van der Waals surface area (Å²) >= 11 is 6.30. The van der Waals surface area contributed by atoms with Gasteiger partial charge in [0, 0.05) is 29.2 Å². The van der Waals surface area contributed by atoms with E-state index in [1.165, 1.54) is 49.3 Å². The zero-order valence-electron chi connectivity index (χ0n) is 26.1. The van der Waals surface area contributed by atoms with Gasteiger partial charge in [-0.25, -0.2) is 8.42 Å². The van der Waals surface area contributed by atoms with Gasteiger partial charge in [-0.2, -0.15) is 0 Å². The largest absolute Gasteiger partial charge is 0.495 e. The third-order valence-corrected chi connectivity index (χ3v) is 10.2. The number of nitro groups is 1. The Bertz CT molecular complexity index is 1660. The molecule has 246 valence electrons. The highest BCUT2D eigenvalue weighted by molar-refractivity contribution is 7.92. The van der Waals surface area contributed by atoms with Gasteiger partial charge >= 0.3 is 0 Å². The Kier molecular flexibility index (Phi) is 11.6. The average Bonchev–Trinajstić information content (AvgIpc) is 3.55. The number of benzene rings is 3. The smallest absolute Gasteiger partial charge is 0.273 e. The lowest BCUT2D eigenvalue weighted by Crippen LogP contribution is -2.54. The molecule has 0 radical (unpaired) electrons. The summed E-state index contributed by atoms with van der Waals surface area (Å²) in [4.78, 5) is 40.0. The number of hydrogen-bond acceptors (Lipinski definition) is 7. The van der Waals surface area contributed by atoms with E-state index in [1.54, 1.807) is 0 Å². The second-order valence-electron chi connectivity index (χ2n) is 11.3. The normalized spacial score (nSPS) is 14.0. The minimum Gasteiger partial charge on any atom is -0.495 e. The lowest BCUT2D eigenvalue weighted by atomic mass is 10.1. The first-order valence-corrected chi connectivity index (χ1v) is 17.0. The van der Waals surface area contributed by atoms with Gasteiger partial charge in [-0.05, 0) is 62.4 Å². The van der Waals surface area contributed by atoms with Gasteiger partial charge in [0.25, 0.3) is 15.7 Å². The van der Waals surface area contributed by atoms with Gasteiger partial charge in [0.1, 0.15) is 18.3 Å². The van der Waals surface area contributed by atoms with Gasteiger partial charge in [0.15, 0.2) is 0 Å². The summed E-state index contributed by atoms with van der Waals surface area (Å²) in [5.74, 6) is -0.805. The minimum atomic E-state index is -4.60. The van der Waals surface area contributed by atoms with E-state index in [0.29, 0.717) is 12.8 Å². The first-order chi connectivity index (χ1) is 22.0. The van der Waals surface area contributed by atoms with Crippen LogP contribution >= 0.6 is 11.6 Å². The number of aryl methyl sites for hydroxylation is 1. The van der Waals surface area contributed by atoms with Gasteiger partial charge in [0.05, 0.1) is 22.6 Å². The summed E-state index contributed by atoms with van der Waals surface area (Å²) in [7, 11) is -3.25. The number of rotatable bonds is 14. The van der Waals surface area contributed by atoms with Crippen molar-refractivity contribution >= 4 is 44.8 Å². The Morgan fingerprint density at radius 1 is 1.09 bits per heavy atom. The van der Waals surface area contributed by atoms with Crippen molar-refractivity contribution in [3.63, 3.8) is 0 Å². The molecule has 1 atom stereocenters. The molecule has 1 aliphatic carbocycles. The number of sulfonamides is 1. The molecule has 0 aliphatic heterocycles. The number of anilines is 1. The van der Waals surface area contributed by atoms with Crippen LogP contribution in [0.2, 0.25) is 5.02 Å². The maximum absolute atomic E-state index is 14.3. The Labute approximate surface area is 274 Å². The fourth-order valence-electron chi connectivity index (χ4n) is 5.71. The molecule has 3 aromatic rings. The van der Waals surface area contributed by atoms with Crippen LogP contribution in [0.15, 0.2) is 71.6 Å². The predicted molar refractivity (Wildman–Crippen MR) is 177 cm³/mol. The molecule has 1 saturated carbocycles. The van der Waals surface area contributed by atoms with E-state index in [9.17, 15) is 28.1 Å². The molecule has 46 heavy (non-hydrogen) atoms. The van der Waals surface area contributed by atoms with Crippen molar-refractivity contribution in [2.45, 2.75) is 69.4 Å². The minimum absolute atomic E-state index is 0.0255. The van der Waals surface area contributed by atoms with Crippen LogP contribution < -0.4 is 14.4 Å². The third kappa shape index (κ3) is 8.16. The molecule has 0 bridgehead atoms. The summed E-state index contributed by atoms with van der Waals surface area (Å²) < 4.78 is 34.9. The third-order valence-electron chi connectivity index (χ3n) is 8.23. The van der Waals surface area contributed by atoms with Gasteiger partial charge < -0.3 is 15.0 Å². The zero-order chi connectivity index (χ0) is 33.4. The SMILES string of the molecule is CC[C@H](C(=O)NC1CCCC1)N(CCc1ccccc1)C(=O)CN(c1cc(Cl)ccc1OC)S(=O)(=O)c1ccc(C)c([N+](=O)[O-])c1. The number of nitrogens with one attached hydrogen (secondary N) is 1. The molecular formula is C33H39ClN4O7S. The number of nitro benzene ring substituents is 1. The fraction of sp³-hybridized carbons (Fsp3) is 0.394. The molecule has 0 unspecified atom stereocenters. The second kappa shape index (κ2) is 15.4. The van der Waals surface area contributed by atoms with Crippen LogP contribution in [0, 0.1) is 17.0 Å². The highest BCUT2D eigenvalue weighted by atomic mass is 35.5. The van der Waals surface area contributed by atoms with Crippen molar-refractivity contribution in [1.29, 1.82) is 0 Å². The van der Waals surface area contributed by atoms with Crippen LogP contribution in [0.1, 0.15) is 50.2 Å². The quantitative estimate of drug-likeness (QED) is 0.172. The number of amides is 2. The Morgan fingerprint density at radius 2 is 1.78 bits per heavy atom. The van der Waals surface area contributed by atoms with E-state index in [0.717, 1.165) is 41.6 Å². The number of hydrogen-bond donors (Lipinski definition) is 1. The maximum Gasteiger partial charge on any atom is 0.273 e. The molecule has 0 aromatic heterocycles. The van der Waals surface area contributed by atoms with E-state index < -0.39 is 33.4 Å². The summed E-state index contributed by atoms with van der Waals surface area (Å²) in [5.41, 5.74) is 0.806. The number of nitrogens with zero attached hydrogens (tertiary/aromatic N) is 3. The molecule has 3 aromatic carbocycles. The van der Waals surface area contributed by atoms with Crippen LogP contribution in [-0.4, -0.2) is 62.3 Å². The molecule has 1 aliphatic rings. The van der Waals surface area contributed by atoms with Crippen LogP contribution in [-0.2, 0) is 26.0 Å². The molecule has 1 fully saturated rings. The van der Waals surface area contributed by atoms with Crippen molar-refractivity contribution < 1.29 is 27.7 Å². The van der Waals surface area contributed by atoms with E-state index in [-0.39, 0.29) is 51.1 Å². The standard InChI is InChI=1S/C33H39ClN4O7S/c1-4-28(33(40)35-26-12-8-9-13-26)36(19-18-24-10-6-5-7-11-24)32(39)22-37(30-20-25(34)15-17-31(30)45-3)46(43,44)27-16-14-23(2)29(21-27)38(41)42/h5-7,10-11,14-17,20-21,26,28H,4,8-9,12-13,18-19,22H2,1-3H3,(H,35,40)/t28-/m1/s1. The lowest BCUT2D eigenvalue weighted by Gasteiger charge is -2.34. The second-order valence-corrected chi connectivity index (χ2v) is 13.6. The van der Waals surface area contributed by atoms with Gasteiger partial charge in [-0.1, -0.05) is 67.8 Å². The molecule has 0 saturated heterocycles. The summed E-state index contributed by atoms with van der Waals surface area (Å²) in [6.45, 7) is 2.74. The molecule has 0 spiro atoms. The number of methoxy groups -OCH3 is 1. The van der Waals surface area contributed by atoms with Crippen molar-refractivity contribution in [1.82, 2.24) is 10.2 Å². The number of ether oxygens (including phenoxy) is 1. The van der Waals surface area contributed by atoms with E-state index in [2.05, 4.69) is 5.32 Å². The molecule has 4 rings (SSSR count). The van der Waals surface area contributed by atoms with Crippen LogP contribution in [0.5, 0.6) is 5.75 Å². The first kappa shape index (κ1) is 34.7. The highest BCUT2D eigenvalue weighted by Crippen LogP contribution is 2.36. The maximum atomic E-state index is 14.3. The summed E-state index contributed by atoms with van der Waals surface area (Å²) in [6.07, 6.45) is 4.49. The molecule has 13 heteroatoms. The molecule has 2 amide bonds. The fourth-order valence-corrected chi connectivity index (χ4v) is 7.31. The number of carbonyl (C=O) groups excluding carboxylic acids is 2. The monoisotopic (exact) mass is 670 g/mol. The molecule has 11 nitrogen and oxygen atoms in total. The Hall–Kier alpha value is -4.16. The molecule has 1 N–H and O–H groups in total. The lowest BCUT2D eigenvalue weighted by molar-refractivity contribution is -0.385. The highest BCUT2D eigenvalue weighted by Gasteiger charge is 2.36. The van der Waals surface area contributed by atoms with E-state index in [4.69, 9.17) is 16.3 Å². The summed E-state index contributed by atoms with van der Waals surface area (Å²) in [5, 5.41) is 15.0. The Morgan fingerprint density at radius 3 is 2.41 bits per heavy atom. The van der Waals surface area contributed by atoms with Crippen molar-refractivity contribution in [3.8, 4) is 5.75 Å². The van der Waals surface area contributed by atoms with E-state index in [1.807, 2.05) is 37.3 Å². The first-order valence-electron chi connectivity index (χ1n) is 15.2. The Balaban J connectivity index is 1.77. The van der Waals surface area contributed by atoms with Gasteiger partial charge in [-0.3, -0.25) is 24.0 Å². The zero-order valence-corrected chi connectivity index (χ0v) is 27.7. The van der Waals surface area contributed by atoms with Crippen LogP contribution in [0.3, 0.4) is 0 Å². The van der Waals surface area contributed by atoms with E-state index >= 15 is 0 Å². The van der Waals surface area contributed by atoms with Crippen molar-refractivity contribution in [2.24, 2.45) is 0 Å². The van der Waals surface area contributed by atoms with Gasteiger partial charge in [-0.15, -0.1) is 0 Å². The topological polar surface area (TPSA) is 139 Å². The van der Waals surface area contributed by atoms with Crippen molar-refractivity contribution in [3.05, 3.63) is 93.0 Å². The molecular weight excluding hydrogens is 632 g/mol. The number of carbonyl (C=O) groups is 2. The van der Waals surface area contributed by atoms with Crippen LogP contribution in [0.4, 0.5) is 11.4 Å². The van der Waals surface area contributed by atoms with Crippen molar-refractivity contribution in [2.75, 3.05) is 24.5 Å². The van der Waals surface area contributed by atoms with Gasteiger partial charge in [0.2, 0.25) is 11.8 Å². The van der Waals surface area contributed by atoms with Crippen LogP contribution in [0.25, 0.3) is 0 Å². The molecule has 0 heterocycles. The predicted octanol–water partition coefficient (Wildman–Crippen LogP) is 5.67.